The minimum absolute atomic E-state index is 0.320. The molecular weight excluding hydrogens is 304 g/mol. The summed E-state index contributed by atoms with van der Waals surface area (Å²) in [6.45, 7) is 4.15. The van der Waals surface area contributed by atoms with Crippen LogP contribution in [0.5, 0.6) is 0 Å². The van der Waals surface area contributed by atoms with Gasteiger partial charge >= 0.3 is 0 Å². The van der Waals surface area contributed by atoms with Crippen molar-refractivity contribution in [2.24, 2.45) is 0 Å². The van der Waals surface area contributed by atoms with Gasteiger partial charge in [-0.15, -0.1) is 0 Å². The fourth-order valence-electron chi connectivity index (χ4n) is 2.94. The van der Waals surface area contributed by atoms with E-state index >= 15 is 0 Å². The lowest BCUT2D eigenvalue weighted by Gasteiger charge is -2.20. The highest BCUT2D eigenvalue weighted by atomic mass is 79.9. The Morgan fingerprint density at radius 3 is 2.89 bits per heavy atom. The van der Waals surface area contributed by atoms with Crippen LogP contribution in [0.15, 0.2) is 22.8 Å². The highest BCUT2D eigenvalue weighted by Gasteiger charge is 2.24. The number of aromatic nitrogens is 2. The first-order chi connectivity index (χ1) is 9.08. The van der Waals surface area contributed by atoms with Crippen molar-refractivity contribution in [1.82, 2.24) is 9.55 Å². The summed E-state index contributed by atoms with van der Waals surface area (Å²) in [6.07, 6.45) is 4.42. The molecule has 2 aromatic rings. The molecule has 0 spiro atoms. The van der Waals surface area contributed by atoms with Gasteiger partial charge in [0.2, 0.25) is 0 Å². The largest absolute Gasteiger partial charge is 0.388 e. The molecule has 4 heteroatoms. The summed E-state index contributed by atoms with van der Waals surface area (Å²) in [5.74, 6) is 0.969. The van der Waals surface area contributed by atoms with Crippen LogP contribution < -0.4 is 0 Å². The summed E-state index contributed by atoms with van der Waals surface area (Å²) in [5.41, 5.74) is 4.57. The predicted octanol–water partition coefficient (Wildman–Crippen LogP) is 3.62. The standard InChI is InChI=1S/C15H17BrN2O/c1-9-6-11(16)8-17-15(9)18-10(2)7-12-13(18)4-3-5-14(12)19/h6-8,14,19H,3-5H2,1-2H3. The van der Waals surface area contributed by atoms with E-state index in [0.717, 1.165) is 46.4 Å². The van der Waals surface area contributed by atoms with Gasteiger partial charge in [-0.05, 0) is 66.7 Å². The number of nitrogens with zero attached hydrogens (tertiary/aromatic N) is 2. The maximum absolute atomic E-state index is 10.1. The molecule has 2 aromatic heterocycles. The summed E-state index contributed by atoms with van der Waals surface area (Å²) in [5, 5.41) is 10.1. The van der Waals surface area contributed by atoms with E-state index in [9.17, 15) is 5.11 Å². The molecule has 0 radical (unpaired) electrons. The topological polar surface area (TPSA) is 38.0 Å². The molecule has 0 aromatic carbocycles. The summed E-state index contributed by atoms with van der Waals surface area (Å²) in [6, 6.07) is 4.18. The first-order valence-corrected chi connectivity index (χ1v) is 7.39. The molecule has 0 saturated carbocycles. The molecule has 1 N–H and O–H groups in total. The molecule has 100 valence electrons. The van der Waals surface area contributed by atoms with E-state index in [-0.39, 0.29) is 6.10 Å². The van der Waals surface area contributed by atoms with Gasteiger partial charge in [-0.25, -0.2) is 4.98 Å². The second-order valence-corrected chi connectivity index (χ2v) is 6.14. The highest BCUT2D eigenvalue weighted by Crippen LogP contribution is 2.34. The molecule has 0 saturated heterocycles. The molecule has 1 aliphatic carbocycles. The van der Waals surface area contributed by atoms with Crippen LogP contribution in [0.4, 0.5) is 0 Å². The Morgan fingerprint density at radius 2 is 2.16 bits per heavy atom. The second kappa shape index (κ2) is 4.76. The average molecular weight is 321 g/mol. The second-order valence-electron chi connectivity index (χ2n) is 5.23. The van der Waals surface area contributed by atoms with E-state index in [2.05, 4.69) is 51.5 Å². The van der Waals surface area contributed by atoms with E-state index in [1.165, 1.54) is 5.69 Å². The summed E-state index contributed by atoms with van der Waals surface area (Å²) < 4.78 is 3.19. The molecule has 0 fully saturated rings. The Bertz CT molecular complexity index is 633. The van der Waals surface area contributed by atoms with Crippen molar-refractivity contribution in [2.45, 2.75) is 39.2 Å². The third-order valence-electron chi connectivity index (χ3n) is 3.80. The number of hydrogen-bond acceptors (Lipinski definition) is 2. The van der Waals surface area contributed by atoms with Crippen molar-refractivity contribution in [1.29, 1.82) is 0 Å². The minimum Gasteiger partial charge on any atom is -0.388 e. The lowest BCUT2D eigenvalue weighted by atomic mass is 9.95. The molecule has 3 rings (SSSR count). The Hall–Kier alpha value is -1.13. The van der Waals surface area contributed by atoms with Crippen LogP contribution in [0.3, 0.4) is 0 Å². The van der Waals surface area contributed by atoms with Gasteiger partial charge in [0.15, 0.2) is 0 Å². The Balaban J connectivity index is 2.20. The Labute approximate surface area is 121 Å². The summed E-state index contributed by atoms with van der Waals surface area (Å²) in [4.78, 5) is 4.55. The monoisotopic (exact) mass is 320 g/mol. The van der Waals surface area contributed by atoms with Crippen LogP contribution in [0.2, 0.25) is 0 Å². The number of aliphatic hydroxyl groups is 1. The van der Waals surface area contributed by atoms with Gasteiger partial charge in [-0.3, -0.25) is 0 Å². The number of aliphatic hydroxyl groups excluding tert-OH is 1. The Kier molecular flexibility index (Phi) is 3.23. The fourth-order valence-corrected chi connectivity index (χ4v) is 3.39. The maximum atomic E-state index is 10.1. The number of hydrogen-bond donors (Lipinski definition) is 1. The number of rotatable bonds is 1. The van der Waals surface area contributed by atoms with Crippen LogP contribution >= 0.6 is 15.9 Å². The molecule has 1 atom stereocenters. The van der Waals surface area contributed by atoms with E-state index in [1.807, 2.05) is 6.20 Å². The minimum atomic E-state index is -0.320. The quantitative estimate of drug-likeness (QED) is 0.871. The average Bonchev–Trinajstić information content (AvgIpc) is 2.68. The predicted molar refractivity (Wildman–Crippen MR) is 78.6 cm³/mol. The van der Waals surface area contributed by atoms with Gasteiger partial charge in [0.25, 0.3) is 0 Å². The van der Waals surface area contributed by atoms with Crippen LogP contribution in [0.25, 0.3) is 5.82 Å². The lowest BCUT2D eigenvalue weighted by Crippen LogP contribution is -2.13. The zero-order valence-corrected chi connectivity index (χ0v) is 12.7. The summed E-state index contributed by atoms with van der Waals surface area (Å²) >= 11 is 3.45. The molecule has 0 aliphatic heterocycles. The fraction of sp³-hybridized carbons (Fsp3) is 0.400. The van der Waals surface area contributed by atoms with Gasteiger partial charge in [-0.2, -0.15) is 0 Å². The number of halogens is 1. The molecule has 2 heterocycles. The molecule has 1 unspecified atom stereocenters. The number of fused-ring (bicyclic) bond motifs is 1. The Morgan fingerprint density at radius 1 is 1.37 bits per heavy atom. The van der Waals surface area contributed by atoms with E-state index in [0.29, 0.717) is 0 Å². The molecule has 1 aliphatic rings. The SMILES string of the molecule is Cc1cc(Br)cnc1-n1c(C)cc2c1CCCC2O. The van der Waals surface area contributed by atoms with Gasteiger partial charge in [0, 0.05) is 27.6 Å². The summed E-state index contributed by atoms with van der Waals surface area (Å²) in [7, 11) is 0. The van der Waals surface area contributed by atoms with Crippen molar-refractivity contribution in [3.63, 3.8) is 0 Å². The maximum Gasteiger partial charge on any atom is 0.140 e. The zero-order valence-electron chi connectivity index (χ0n) is 11.2. The lowest BCUT2D eigenvalue weighted by molar-refractivity contribution is 0.156. The van der Waals surface area contributed by atoms with Crippen molar-refractivity contribution in [3.8, 4) is 5.82 Å². The molecule has 0 amide bonds. The molecule has 3 nitrogen and oxygen atoms in total. The van der Waals surface area contributed by atoms with Crippen LogP contribution in [-0.2, 0) is 6.42 Å². The van der Waals surface area contributed by atoms with Crippen molar-refractivity contribution in [2.75, 3.05) is 0 Å². The van der Waals surface area contributed by atoms with Crippen molar-refractivity contribution in [3.05, 3.63) is 45.3 Å². The van der Waals surface area contributed by atoms with Gasteiger partial charge < -0.3 is 9.67 Å². The first kappa shape index (κ1) is 12.9. The van der Waals surface area contributed by atoms with E-state index in [4.69, 9.17) is 0 Å². The van der Waals surface area contributed by atoms with Crippen LogP contribution in [0.1, 0.15) is 41.5 Å². The smallest absolute Gasteiger partial charge is 0.140 e. The molecule has 19 heavy (non-hydrogen) atoms. The van der Waals surface area contributed by atoms with Gasteiger partial charge in [-0.1, -0.05) is 0 Å². The number of aryl methyl sites for hydroxylation is 2. The van der Waals surface area contributed by atoms with Gasteiger partial charge in [0.1, 0.15) is 5.82 Å². The van der Waals surface area contributed by atoms with Gasteiger partial charge in [0.05, 0.1) is 6.10 Å². The zero-order chi connectivity index (χ0) is 13.6. The van der Waals surface area contributed by atoms with E-state index in [1.54, 1.807) is 0 Å². The van der Waals surface area contributed by atoms with Crippen molar-refractivity contribution < 1.29 is 5.11 Å². The molecule has 0 bridgehead atoms. The highest BCUT2D eigenvalue weighted by molar-refractivity contribution is 9.10. The molecular formula is C15H17BrN2O. The van der Waals surface area contributed by atoms with E-state index < -0.39 is 0 Å². The first-order valence-electron chi connectivity index (χ1n) is 6.59. The third kappa shape index (κ3) is 2.13. The normalized spacial score (nSPS) is 18.4. The third-order valence-corrected chi connectivity index (χ3v) is 4.23. The van der Waals surface area contributed by atoms with Crippen molar-refractivity contribution >= 4 is 15.9 Å². The van der Waals surface area contributed by atoms with Crippen LogP contribution in [-0.4, -0.2) is 14.7 Å². The number of pyridine rings is 1. The van der Waals surface area contributed by atoms with Crippen LogP contribution in [0, 0.1) is 13.8 Å².